The Hall–Kier alpha value is -0.180. The molecule has 0 aromatic heterocycles. The fraction of sp³-hybridized carbons (Fsp3) is 0.647. The normalized spacial score (nSPS) is 16.8. The fourth-order valence-corrected chi connectivity index (χ4v) is 3.95. The predicted molar refractivity (Wildman–Crippen MR) is 90.7 cm³/mol. The highest BCUT2D eigenvalue weighted by atomic mass is 35.5. The number of benzene rings is 1. The van der Waals surface area contributed by atoms with Crippen molar-refractivity contribution in [2.24, 2.45) is 5.92 Å². The smallest absolute Gasteiger partial charge is 0.0462 e. The van der Waals surface area contributed by atoms with Crippen LogP contribution in [-0.2, 0) is 6.54 Å². The summed E-state index contributed by atoms with van der Waals surface area (Å²) in [5.41, 5.74) is 1.31. The van der Waals surface area contributed by atoms with E-state index in [1.165, 1.54) is 41.9 Å². The van der Waals surface area contributed by atoms with Crippen LogP contribution in [0.1, 0.15) is 52.0 Å². The summed E-state index contributed by atoms with van der Waals surface area (Å²) in [7, 11) is 0. The zero-order valence-electron chi connectivity index (χ0n) is 12.8. The van der Waals surface area contributed by atoms with Crippen molar-refractivity contribution in [2.45, 2.75) is 63.4 Å². The zero-order valence-corrected chi connectivity index (χ0v) is 14.4. The number of thioether (sulfide) groups is 1. The summed E-state index contributed by atoms with van der Waals surface area (Å²) in [6.45, 7) is 7.35. The molecule has 1 aromatic rings. The molecule has 112 valence electrons. The highest BCUT2D eigenvalue weighted by molar-refractivity contribution is 7.99. The average molecular weight is 312 g/mol. The maximum absolute atomic E-state index is 6.40. The molecule has 0 bridgehead atoms. The molecule has 3 heteroatoms. The summed E-state index contributed by atoms with van der Waals surface area (Å²) in [6.07, 6.45) is 5.66. The van der Waals surface area contributed by atoms with Crippen LogP contribution < -0.4 is 5.32 Å². The highest BCUT2D eigenvalue weighted by Gasteiger charge is 2.15. The molecule has 1 nitrogen and oxygen atoms in total. The maximum Gasteiger partial charge on any atom is 0.0462 e. The Balaban J connectivity index is 1.88. The van der Waals surface area contributed by atoms with Crippen molar-refractivity contribution in [3.8, 4) is 0 Å². The molecule has 0 spiro atoms. The van der Waals surface area contributed by atoms with Gasteiger partial charge in [0.05, 0.1) is 0 Å². The quantitative estimate of drug-likeness (QED) is 0.719. The van der Waals surface area contributed by atoms with E-state index in [1.54, 1.807) is 0 Å². The van der Waals surface area contributed by atoms with Crippen LogP contribution in [0.4, 0.5) is 0 Å². The molecule has 1 aliphatic rings. The van der Waals surface area contributed by atoms with Gasteiger partial charge in [-0.2, -0.15) is 0 Å². The molecule has 0 radical (unpaired) electrons. The fourth-order valence-electron chi connectivity index (χ4n) is 2.51. The minimum atomic E-state index is 0.124. The van der Waals surface area contributed by atoms with Crippen molar-refractivity contribution in [1.82, 2.24) is 5.32 Å². The third-order valence-corrected chi connectivity index (χ3v) is 5.37. The Morgan fingerprint density at radius 2 is 1.95 bits per heavy atom. The molecular formula is C17H26ClNS. The van der Waals surface area contributed by atoms with E-state index in [0.717, 1.165) is 17.5 Å². The predicted octanol–water partition coefficient (Wildman–Crippen LogP) is 5.51. The molecule has 0 atom stereocenters. The molecule has 0 saturated heterocycles. The van der Waals surface area contributed by atoms with Gasteiger partial charge in [0.1, 0.15) is 0 Å². The van der Waals surface area contributed by atoms with Crippen LogP contribution in [0.5, 0.6) is 0 Å². The molecule has 1 fully saturated rings. The van der Waals surface area contributed by atoms with Crippen LogP contribution >= 0.6 is 23.4 Å². The van der Waals surface area contributed by atoms with Gasteiger partial charge in [0.15, 0.2) is 0 Å². The van der Waals surface area contributed by atoms with Crippen LogP contribution in [0, 0.1) is 5.92 Å². The van der Waals surface area contributed by atoms with Crippen molar-refractivity contribution in [3.05, 3.63) is 28.8 Å². The molecule has 0 amide bonds. The van der Waals surface area contributed by atoms with Crippen molar-refractivity contribution in [3.63, 3.8) is 0 Å². The zero-order chi connectivity index (χ0) is 14.6. The van der Waals surface area contributed by atoms with E-state index in [9.17, 15) is 0 Å². The van der Waals surface area contributed by atoms with Gasteiger partial charge < -0.3 is 5.32 Å². The third kappa shape index (κ3) is 5.31. The van der Waals surface area contributed by atoms with Crippen LogP contribution in [0.15, 0.2) is 23.1 Å². The Morgan fingerprint density at radius 3 is 2.55 bits per heavy atom. The Labute approximate surface area is 132 Å². The number of rotatable bonds is 5. The molecule has 1 aromatic carbocycles. The van der Waals surface area contributed by atoms with E-state index in [2.05, 4.69) is 44.3 Å². The second-order valence-electron chi connectivity index (χ2n) is 6.82. The summed E-state index contributed by atoms with van der Waals surface area (Å²) in [5, 5.41) is 4.37. The van der Waals surface area contributed by atoms with Crippen LogP contribution in [0.25, 0.3) is 0 Å². The van der Waals surface area contributed by atoms with Gasteiger partial charge in [0.2, 0.25) is 0 Å². The summed E-state index contributed by atoms with van der Waals surface area (Å²) in [6, 6.07) is 6.50. The van der Waals surface area contributed by atoms with Crippen molar-refractivity contribution in [2.75, 3.05) is 5.75 Å². The molecule has 0 heterocycles. The first-order valence-corrected chi connectivity index (χ1v) is 8.97. The van der Waals surface area contributed by atoms with E-state index in [-0.39, 0.29) is 5.54 Å². The number of nitrogens with one attached hydrogen (secondary N) is 1. The van der Waals surface area contributed by atoms with E-state index >= 15 is 0 Å². The van der Waals surface area contributed by atoms with E-state index in [1.807, 2.05) is 11.8 Å². The lowest BCUT2D eigenvalue weighted by atomic mass is 10.1. The molecule has 0 aliphatic heterocycles. The van der Waals surface area contributed by atoms with E-state index in [0.29, 0.717) is 0 Å². The third-order valence-electron chi connectivity index (χ3n) is 3.79. The van der Waals surface area contributed by atoms with Gasteiger partial charge in [0, 0.05) is 27.8 Å². The average Bonchev–Trinajstić information content (AvgIpc) is 2.87. The first-order valence-electron chi connectivity index (χ1n) is 7.60. The lowest BCUT2D eigenvalue weighted by Gasteiger charge is -2.21. The molecule has 20 heavy (non-hydrogen) atoms. The molecule has 1 N–H and O–H groups in total. The number of hydrogen-bond acceptors (Lipinski definition) is 2. The van der Waals surface area contributed by atoms with Gasteiger partial charge in [-0.3, -0.25) is 0 Å². The van der Waals surface area contributed by atoms with Crippen LogP contribution in [0.3, 0.4) is 0 Å². The number of halogens is 1. The Bertz CT molecular complexity index is 433. The van der Waals surface area contributed by atoms with Crippen molar-refractivity contribution >= 4 is 23.4 Å². The summed E-state index contributed by atoms with van der Waals surface area (Å²) in [4.78, 5) is 1.31. The highest BCUT2D eigenvalue weighted by Crippen LogP contribution is 2.32. The minimum Gasteiger partial charge on any atom is -0.308 e. The Morgan fingerprint density at radius 1 is 1.25 bits per heavy atom. The summed E-state index contributed by atoms with van der Waals surface area (Å²) in [5.74, 6) is 2.16. The van der Waals surface area contributed by atoms with Gasteiger partial charge in [-0.15, -0.1) is 11.8 Å². The van der Waals surface area contributed by atoms with Gasteiger partial charge in [0.25, 0.3) is 0 Å². The summed E-state index contributed by atoms with van der Waals surface area (Å²) < 4.78 is 0. The summed E-state index contributed by atoms with van der Waals surface area (Å²) >= 11 is 8.36. The first-order chi connectivity index (χ1) is 9.44. The molecule has 0 unspecified atom stereocenters. The molecule has 1 saturated carbocycles. The van der Waals surface area contributed by atoms with Gasteiger partial charge in [-0.05, 0) is 57.2 Å². The van der Waals surface area contributed by atoms with E-state index in [4.69, 9.17) is 11.6 Å². The van der Waals surface area contributed by atoms with Gasteiger partial charge in [-0.1, -0.05) is 30.5 Å². The molecular weight excluding hydrogens is 286 g/mol. The van der Waals surface area contributed by atoms with Gasteiger partial charge >= 0.3 is 0 Å². The molecule has 2 rings (SSSR count). The monoisotopic (exact) mass is 311 g/mol. The lowest BCUT2D eigenvalue weighted by molar-refractivity contribution is 0.424. The first kappa shape index (κ1) is 16.2. The van der Waals surface area contributed by atoms with Crippen LogP contribution in [-0.4, -0.2) is 11.3 Å². The topological polar surface area (TPSA) is 12.0 Å². The van der Waals surface area contributed by atoms with Crippen LogP contribution in [0.2, 0.25) is 5.02 Å². The SMILES string of the molecule is CC(C)(C)NCc1ccc(SCC2CCCC2)cc1Cl. The second kappa shape index (κ2) is 7.20. The van der Waals surface area contributed by atoms with Gasteiger partial charge in [-0.25, -0.2) is 0 Å². The minimum absolute atomic E-state index is 0.124. The maximum atomic E-state index is 6.40. The standard InChI is InChI=1S/C17H26ClNS/c1-17(2,3)19-11-14-8-9-15(10-16(14)18)20-12-13-6-4-5-7-13/h8-10,13,19H,4-7,11-12H2,1-3H3. The number of hydrogen-bond donors (Lipinski definition) is 1. The Kier molecular flexibility index (Phi) is 5.83. The largest absolute Gasteiger partial charge is 0.308 e. The van der Waals surface area contributed by atoms with Crippen molar-refractivity contribution in [1.29, 1.82) is 0 Å². The van der Waals surface area contributed by atoms with Crippen molar-refractivity contribution < 1.29 is 0 Å². The lowest BCUT2D eigenvalue weighted by Crippen LogP contribution is -2.35. The van der Waals surface area contributed by atoms with E-state index < -0.39 is 0 Å². The second-order valence-corrected chi connectivity index (χ2v) is 8.32. The molecule has 1 aliphatic carbocycles.